The fourth-order valence-corrected chi connectivity index (χ4v) is 3.61. The first kappa shape index (κ1) is 21.6. The van der Waals surface area contributed by atoms with E-state index in [0.29, 0.717) is 12.5 Å². The van der Waals surface area contributed by atoms with Gasteiger partial charge < -0.3 is 10.6 Å². The summed E-state index contributed by atoms with van der Waals surface area (Å²) in [5, 5.41) is 8.40. The molecule has 128 valence electrons. The van der Waals surface area contributed by atoms with Crippen molar-refractivity contribution in [3.8, 4) is 0 Å². The fraction of sp³-hybridized carbons (Fsp3) is 0.615. The van der Waals surface area contributed by atoms with Gasteiger partial charge in [0.05, 0.1) is 6.26 Å². The van der Waals surface area contributed by atoms with Crippen LogP contribution in [0, 0.1) is 0 Å². The first-order chi connectivity index (χ1) is 9.72. The summed E-state index contributed by atoms with van der Waals surface area (Å²) in [6.07, 6.45) is 2.09. The fourth-order valence-electron chi connectivity index (χ4n) is 1.82. The third-order valence-electron chi connectivity index (χ3n) is 2.63. The van der Waals surface area contributed by atoms with Gasteiger partial charge in [-0.1, -0.05) is 6.07 Å². The van der Waals surface area contributed by atoms with Crippen LogP contribution in [0.5, 0.6) is 0 Å². The van der Waals surface area contributed by atoms with Crippen LogP contribution in [0.2, 0.25) is 0 Å². The van der Waals surface area contributed by atoms with E-state index in [1.54, 1.807) is 18.4 Å². The number of hydrogen-bond acceptors (Lipinski definition) is 4. The number of thiophene rings is 1. The summed E-state index contributed by atoms with van der Waals surface area (Å²) >= 11 is 1.73. The van der Waals surface area contributed by atoms with Gasteiger partial charge in [0, 0.05) is 30.6 Å². The van der Waals surface area contributed by atoms with Gasteiger partial charge in [-0.15, -0.1) is 35.3 Å². The van der Waals surface area contributed by atoms with Gasteiger partial charge in [0.1, 0.15) is 0 Å². The van der Waals surface area contributed by atoms with Crippen LogP contribution in [0.15, 0.2) is 22.5 Å². The zero-order chi connectivity index (χ0) is 15.9. The van der Waals surface area contributed by atoms with Gasteiger partial charge in [-0.25, -0.2) is 13.1 Å². The predicted octanol–water partition coefficient (Wildman–Crippen LogP) is 1.40. The molecule has 1 heterocycles. The van der Waals surface area contributed by atoms with Crippen molar-refractivity contribution < 1.29 is 8.42 Å². The molecule has 0 bridgehead atoms. The topological polar surface area (TPSA) is 82.6 Å². The summed E-state index contributed by atoms with van der Waals surface area (Å²) in [7, 11) is -1.54. The van der Waals surface area contributed by atoms with E-state index in [9.17, 15) is 8.42 Å². The van der Waals surface area contributed by atoms with Gasteiger partial charge in [-0.05, 0) is 31.7 Å². The van der Waals surface area contributed by atoms with E-state index >= 15 is 0 Å². The Bertz CT molecular complexity index is 557. The number of nitrogens with zero attached hydrogens (tertiary/aromatic N) is 1. The van der Waals surface area contributed by atoms with Crippen molar-refractivity contribution in [2.75, 3.05) is 26.4 Å². The summed E-state index contributed by atoms with van der Waals surface area (Å²) < 4.78 is 25.1. The zero-order valence-electron chi connectivity index (χ0n) is 13.3. The molecule has 1 rings (SSSR count). The lowest BCUT2D eigenvalue weighted by Crippen LogP contribution is -2.53. The molecule has 1 aromatic heterocycles. The molecule has 0 unspecified atom stereocenters. The van der Waals surface area contributed by atoms with Crippen molar-refractivity contribution in [1.29, 1.82) is 0 Å². The molecule has 9 heteroatoms. The quantitative estimate of drug-likeness (QED) is 0.327. The molecule has 6 nitrogen and oxygen atoms in total. The standard InChI is InChI=1S/C13H24N4O2S2.HI/c1-13(2,17-21(4,18)19)10-16-12(14-3)15-8-7-11-6-5-9-20-11;/h5-6,9,17H,7-8,10H2,1-4H3,(H2,14,15,16);1H. The number of guanidine groups is 1. The Morgan fingerprint density at radius 3 is 2.55 bits per heavy atom. The molecule has 0 aliphatic heterocycles. The molecule has 0 aliphatic rings. The molecule has 0 amide bonds. The summed E-state index contributed by atoms with van der Waals surface area (Å²) in [6, 6.07) is 4.13. The third-order valence-corrected chi connectivity index (χ3v) is 4.49. The summed E-state index contributed by atoms with van der Waals surface area (Å²) in [5.41, 5.74) is -0.584. The highest BCUT2D eigenvalue weighted by atomic mass is 127. The van der Waals surface area contributed by atoms with Crippen LogP contribution in [0.25, 0.3) is 0 Å². The second-order valence-electron chi connectivity index (χ2n) is 5.44. The van der Waals surface area contributed by atoms with Gasteiger partial charge in [-0.3, -0.25) is 4.99 Å². The Balaban J connectivity index is 0.00000441. The largest absolute Gasteiger partial charge is 0.356 e. The van der Waals surface area contributed by atoms with Crippen LogP contribution in [-0.4, -0.2) is 46.3 Å². The SMILES string of the molecule is CN=C(NCCc1cccs1)NCC(C)(C)NS(C)(=O)=O.I. The molecule has 1 aromatic rings. The molecule has 0 spiro atoms. The van der Waals surface area contributed by atoms with E-state index in [2.05, 4.69) is 31.8 Å². The van der Waals surface area contributed by atoms with E-state index in [1.165, 1.54) is 4.88 Å². The van der Waals surface area contributed by atoms with Gasteiger partial charge in [-0.2, -0.15) is 0 Å². The maximum atomic E-state index is 11.3. The van der Waals surface area contributed by atoms with Crippen LogP contribution in [0.1, 0.15) is 18.7 Å². The predicted molar refractivity (Wildman–Crippen MR) is 105 cm³/mol. The molecule has 0 saturated carbocycles. The lowest BCUT2D eigenvalue weighted by molar-refractivity contribution is 0.446. The lowest BCUT2D eigenvalue weighted by atomic mass is 10.1. The van der Waals surface area contributed by atoms with Crippen molar-refractivity contribution in [1.82, 2.24) is 15.4 Å². The molecule has 3 N–H and O–H groups in total. The van der Waals surface area contributed by atoms with Crippen LogP contribution in [0.4, 0.5) is 0 Å². The summed E-state index contributed by atoms with van der Waals surface area (Å²) in [6.45, 7) is 4.86. The second-order valence-corrected chi connectivity index (χ2v) is 8.22. The van der Waals surface area contributed by atoms with Crippen LogP contribution >= 0.6 is 35.3 Å². The molecular formula is C13H25IN4O2S2. The highest BCUT2D eigenvalue weighted by Gasteiger charge is 2.22. The van der Waals surface area contributed by atoms with Crippen LogP contribution in [-0.2, 0) is 16.4 Å². The Hall–Kier alpha value is -0.390. The normalized spacial score (nSPS) is 12.6. The van der Waals surface area contributed by atoms with Gasteiger partial charge in [0.15, 0.2) is 5.96 Å². The Morgan fingerprint density at radius 1 is 1.36 bits per heavy atom. The van der Waals surface area contributed by atoms with Gasteiger partial charge in [0.25, 0.3) is 0 Å². The van der Waals surface area contributed by atoms with Crippen LogP contribution < -0.4 is 15.4 Å². The van der Waals surface area contributed by atoms with E-state index in [1.807, 2.05) is 19.9 Å². The zero-order valence-corrected chi connectivity index (χ0v) is 17.3. The highest BCUT2D eigenvalue weighted by Crippen LogP contribution is 2.08. The maximum Gasteiger partial charge on any atom is 0.209 e. The van der Waals surface area contributed by atoms with Crippen molar-refractivity contribution in [2.24, 2.45) is 4.99 Å². The number of aliphatic imine (C=N–C) groups is 1. The molecule has 0 radical (unpaired) electrons. The highest BCUT2D eigenvalue weighted by molar-refractivity contribution is 14.0. The minimum Gasteiger partial charge on any atom is -0.356 e. The van der Waals surface area contributed by atoms with Crippen molar-refractivity contribution in [3.63, 3.8) is 0 Å². The van der Waals surface area contributed by atoms with E-state index in [0.717, 1.165) is 19.2 Å². The third kappa shape index (κ3) is 9.59. The number of sulfonamides is 1. The molecule has 22 heavy (non-hydrogen) atoms. The summed E-state index contributed by atoms with van der Waals surface area (Å²) in [5.74, 6) is 0.662. The average molecular weight is 460 g/mol. The molecule has 0 fully saturated rings. The number of rotatable bonds is 7. The van der Waals surface area contributed by atoms with Crippen LogP contribution in [0.3, 0.4) is 0 Å². The second kappa shape index (κ2) is 9.68. The minimum atomic E-state index is -3.23. The van der Waals surface area contributed by atoms with E-state index in [-0.39, 0.29) is 24.0 Å². The molecule has 0 saturated heterocycles. The monoisotopic (exact) mass is 460 g/mol. The average Bonchev–Trinajstić information content (AvgIpc) is 2.83. The Labute approximate surface area is 154 Å². The van der Waals surface area contributed by atoms with E-state index < -0.39 is 15.6 Å². The molecule has 0 atom stereocenters. The molecule has 0 aromatic carbocycles. The first-order valence-corrected chi connectivity index (χ1v) is 9.45. The van der Waals surface area contributed by atoms with Gasteiger partial charge >= 0.3 is 0 Å². The van der Waals surface area contributed by atoms with E-state index in [4.69, 9.17) is 0 Å². The smallest absolute Gasteiger partial charge is 0.209 e. The number of hydrogen-bond donors (Lipinski definition) is 3. The minimum absolute atomic E-state index is 0. The van der Waals surface area contributed by atoms with Crippen molar-refractivity contribution in [3.05, 3.63) is 22.4 Å². The molecule has 0 aliphatic carbocycles. The van der Waals surface area contributed by atoms with Crippen molar-refractivity contribution >= 4 is 51.3 Å². The lowest BCUT2D eigenvalue weighted by Gasteiger charge is -2.26. The maximum absolute atomic E-state index is 11.3. The summed E-state index contributed by atoms with van der Waals surface area (Å²) in [4.78, 5) is 5.44. The number of nitrogens with one attached hydrogen (secondary N) is 3. The Kier molecular flexibility index (Phi) is 9.51. The van der Waals surface area contributed by atoms with Gasteiger partial charge in [0.2, 0.25) is 10.0 Å². The molecular weight excluding hydrogens is 435 g/mol. The first-order valence-electron chi connectivity index (χ1n) is 6.68. The van der Waals surface area contributed by atoms with Crippen molar-refractivity contribution in [2.45, 2.75) is 25.8 Å². The number of halogens is 1. The Morgan fingerprint density at radius 2 is 2.05 bits per heavy atom.